The molecule has 39 heavy (non-hydrogen) atoms. The third-order valence-electron chi connectivity index (χ3n) is 7.66. The topological polar surface area (TPSA) is 52.6 Å². The fraction of sp³-hybridized carbons (Fsp3) is 0.771. The SMILES string of the molecule is CCCCCCCOC(=O)CCCCCCC(CCCCCCC(=O)OCCCCCCC)c1ccccc1. The van der Waals surface area contributed by atoms with Gasteiger partial charge in [0.1, 0.15) is 0 Å². The Hall–Kier alpha value is -1.84. The Kier molecular flexibility index (Phi) is 23.8. The maximum absolute atomic E-state index is 11.9. The normalized spacial score (nSPS) is 11.2. The zero-order valence-electron chi connectivity index (χ0n) is 25.6. The van der Waals surface area contributed by atoms with Crippen molar-refractivity contribution < 1.29 is 19.1 Å². The Morgan fingerprint density at radius 3 is 1.41 bits per heavy atom. The van der Waals surface area contributed by atoms with E-state index in [1.54, 1.807) is 0 Å². The van der Waals surface area contributed by atoms with Crippen LogP contribution in [0.1, 0.15) is 167 Å². The van der Waals surface area contributed by atoms with E-state index >= 15 is 0 Å². The molecule has 1 aromatic rings. The number of ether oxygens (including phenoxy) is 2. The van der Waals surface area contributed by atoms with Gasteiger partial charge < -0.3 is 9.47 Å². The van der Waals surface area contributed by atoms with Crippen molar-refractivity contribution >= 4 is 11.9 Å². The second-order valence-electron chi connectivity index (χ2n) is 11.3. The summed E-state index contributed by atoms with van der Waals surface area (Å²) < 4.78 is 10.8. The van der Waals surface area contributed by atoms with Crippen LogP contribution in [0.3, 0.4) is 0 Å². The van der Waals surface area contributed by atoms with Gasteiger partial charge in [-0.2, -0.15) is 0 Å². The lowest BCUT2D eigenvalue weighted by atomic mass is 9.88. The van der Waals surface area contributed by atoms with Crippen LogP contribution in [0.25, 0.3) is 0 Å². The highest BCUT2D eigenvalue weighted by atomic mass is 16.5. The summed E-state index contributed by atoms with van der Waals surface area (Å²) in [5.41, 5.74) is 1.45. The Balaban J connectivity index is 2.12. The van der Waals surface area contributed by atoms with Gasteiger partial charge in [0.15, 0.2) is 0 Å². The number of hydrogen-bond donors (Lipinski definition) is 0. The first-order valence-corrected chi connectivity index (χ1v) is 16.5. The minimum Gasteiger partial charge on any atom is -0.466 e. The maximum atomic E-state index is 11.9. The maximum Gasteiger partial charge on any atom is 0.305 e. The largest absolute Gasteiger partial charge is 0.466 e. The molecule has 0 aliphatic rings. The molecule has 4 heteroatoms. The van der Waals surface area contributed by atoms with Crippen LogP contribution >= 0.6 is 0 Å². The Labute approximate surface area is 241 Å². The van der Waals surface area contributed by atoms with Gasteiger partial charge >= 0.3 is 11.9 Å². The lowest BCUT2D eigenvalue weighted by Crippen LogP contribution is -2.06. The van der Waals surface area contributed by atoms with Crippen molar-refractivity contribution in [2.75, 3.05) is 13.2 Å². The lowest BCUT2D eigenvalue weighted by molar-refractivity contribution is -0.144. The van der Waals surface area contributed by atoms with E-state index in [4.69, 9.17) is 9.47 Å². The van der Waals surface area contributed by atoms with Crippen LogP contribution in [0.5, 0.6) is 0 Å². The highest BCUT2D eigenvalue weighted by Gasteiger charge is 2.11. The number of benzene rings is 1. The molecule has 0 spiro atoms. The molecular weight excluding hydrogens is 484 g/mol. The van der Waals surface area contributed by atoms with Crippen LogP contribution in [0, 0.1) is 0 Å². The van der Waals surface area contributed by atoms with Gasteiger partial charge in [-0.25, -0.2) is 0 Å². The first-order valence-electron chi connectivity index (χ1n) is 16.5. The van der Waals surface area contributed by atoms with Crippen molar-refractivity contribution in [3.05, 3.63) is 35.9 Å². The van der Waals surface area contributed by atoms with Crippen molar-refractivity contribution in [3.8, 4) is 0 Å². The van der Waals surface area contributed by atoms with E-state index in [0.717, 1.165) is 51.4 Å². The third kappa shape index (κ3) is 21.6. The molecule has 0 fully saturated rings. The highest BCUT2D eigenvalue weighted by Crippen LogP contribution is 2.28. The molecule has 0 bridgehead atoms. The molecule has 1 rings (SSSR count). The number of esters is 2. The summed E-state index contributed by atoms with van der Waals surface area (Å²) in [6.45, 7) is 5.60. The second kappa shape index (κ2) is 26.4. The lowest BCUT2D eigenvalue weighted by Gasteiger charge is -2.17. The molecule has 0 heterocycles. The quantitative estimate of drug-likeness (QED) is 0.0816. The van der Waals surface area contributed by atoms with E-state index in [1.165, 1.54) is 82.6 Å². The van der Waals surface area contributed by atoms with Gasteiger partial charge in [-0.3, -0.25) is 9.59 Å². The molecule has 0 amide bonds. The summed E-state index contributed by atoms with van der Waals surface area (Å²) in [4.78, 5) is 23.9. The smallest absolute Gasteiger partial charge is 0.305 e. The molecule has 0 radical (unpaired) electrons. The summed E-state index contributed by atoms with van der Waals surface area (Å²) in [5, 5.41) is 0. The third-order valence-corrected chi connectivity index (χ3v) is 7.66. The molecule has 0 aliphatic carbocycles. The molecular formula is C35H60O4. The molecule has 0 saturated carbocycles. The van der Waals surface area contributed by atoms with E-state index < -0.39 is 0 Å². The Morgan fingerprint density at radius 1 is 0.538 bits per heavy atom. The number of carbonyl (C=O) groups excluding carboxylic acids is 2. The number of carbonyl (C=O) groups is 2. The van der Waals surface area contributed by atoms with E-state index in [9.17, 15) is 9.59 Å². The molecule has 0 atom stereocenters. The van der Waals surface area contributed by atoms with Crippen LogP contribution < -0.4 is 0 Å². The van der Waals surface area contributed by atoms with Gasteiger partial charge in [0.25, 0.3) is 0 Å². The fourth-order valence-corrected chi connectivity index (χ4v) is 5.16. The first-order chi connectivity index (χ1) is 19.2. The van der Waals surface area contributed by atoms with Crippen molar-refractivity contribution in [3.63, 3.8) is 0 Å². The molecule has 0 unspecified atom stereocenters. The van der Waals surface area contributed by atoms with Crippen molar-refractivity contribution in [2.45, 2.75) is 161 Å². The van der Waals surface area contributed by atoms with Gasteiger partial charge in [0.2, 0.25) is 0 Å². The van der Waals surface area contributed by atoms with Gasteiger partial charge in [-0.1, -0.05) is 134 Å². The van der Waals surface area contributed by atoms with Gasteiger partial charge in [-0.15, -0.1) is 0 Å². The van der Waals surface area contributed by atoms with E-state index in [2.05, 4.69) is 44.2 Å². The molecule has 0 saturated heterocycles. The van der Waals surface area contributed by atoms with Crippen molar-refractivity contribution in [1.82, 2.24) is 0 Å². The van der Waals surface area contributed by atoms with Gasteiger partial charge in [0, 0.05) is 12.8 Å². The molecule has 4 nitrogen and oxygen atoms in total. The van der Waals surface area contributed by atoms with Crippen molar-refractivity contribution in [1.29, 1.82) is 0 Å². The second-order valence-corrected chi connectivity index (χ2v) is 11.3. The van der Waals surface area contributed by atoms with Crippen LogP contribution in [0.4, 0.5) is 0 Å². The predicted octanol–water partition coefficient (Wildman–Crippen LogP) is 10.5. The monoisotopic (exact) mass is 544 g/mol. The van der Waals surface area contributed by atoms with Gasteiger partial charge in [0.05, 0.1) is 13.2 Å². The zero-order chi connectivity index (χ0) is 28.2. The molecule has 0 N–H and O–H groups in total. The average Bonchev–Trinajstić information content (AvgIpc) is 2.95. The summed E-state index contributed by atoms with van der Waals surface area (Å²) >= 11 is 0. The zero-order valence-corrected chi connectivity index (χ0v) is 25.6. The average molecular weight is 545 g/mol. The molecule has 224 valence electrons. The summed E-state index contributed by atoms with van der Waals surface area (Å²) in [6.07, 6.45) is 24.2. The number of unbranched alkanes of at least 4 members (excludes halogenated alkanes) is 14. The summed E-state index contributed by atoms with van der Waals surface area (Å²) in [5.74, 6) is 0.549. The summed E-state index contributed by atoms with van der Waals surface area (Å²) in [7, 11) is 0. The standard InChI is InChI=1S/C35H60O4/c1-3-5-7-13-22-30-38-34(36)28-20-11-9-16-24-32(33-26-18-15-19-27-33)25-17-10-12-21-29-35(37)39-31-23-14-8-6-4-2/h15,18-19,26-27,32H,3-14,16-17,20-25,28-31H2,1-2H3. The van der Waals surface area contributed by atoms with E-state index in [0.29, 0.717) is 32.0 Å². The number of rotatable bonds is 27. The molecule has 1 aromatic carbocycles. The first kappa shape index (κ1) is 35.2. The van der Waals surface area contributed by atoms with E-state index in [1.807, 2.05) is 0 Å². The minimum absolute atomic E-state index is 0.0247. The predicted molar refractivity (Wildman–Crippen MR) is 164 cm³/mol. The summed E-state index contributed by atoms with van der Waals surface area (Å²) in [6, 6.07) is 10.9. The highest BCUT2D eigenvalue weighted by molar-refractivity contribution is 5.69. The molecule has 0 aromatic heterocycles. The Bertz CT molecular complexity index is 647. The number of hydrogen-bond acceptors (Lipinski definition) is 4. The minimum atomic E-state index is -0.0247. The Morgan fingerprint density at radius 2 is 0.949 bits per heavy atom. The van der Waals surface area contributed by atoms with Crippen LogP contribution in [-0.2, 0) is 19.1 Å². The van der Waals surface area contributed by atoms with Crippen molar-refractivity contribution in [2.24, 2.45) is 0 Å². The van der Waals surface area contributed by atoms with Crippen LogP contribution in [0.2, 0.25) is 0 Å². The van der Waals surface area contributed by atoms with Crippen LogP contribution in [0.15, 0.2) is 30.3 Å². The van der Waals surface area contributed by atoms with Crippen LogP contribution in [-0.4, -0.2) is 25.2 Å². The van der Waals surface area contributed by atoms with E-state index in [-0.39, 0.29) is 11.9 Å². The fourth-order valence-electron chi connectivity index (χ4n) is 5.16. The molecule has 0 aliphatic heterocycles. The van der Waals surface area contributed by atoms with Gasteiger partial charge in [-0.05, 0) is 50.0 Å².